The van der Waals surface area contributed by atoms with Gasteiger partial charge in [-0.25, -0.2) is 16.8 Å². The van der Waals surface area contributed by atoms with Crippen LogP contribution in [0.25, 0.3) is 0 Å². The molecule has 2 aromatic rings. The van der Waals surface area contributed by atoms with Crippen LogP contribution in [0.3, 0.4) is 0 Å². The molecule has 1 aliphatic rings. The van der Waals surface area contributed by atoms with Gasteiger partial charge in [0.1, 0.15) is 5.84 Å². The molecule has 0 amide bonds. The summed E-state index contributed by atoms with van der Waals surface area (Å²) in [6, 6.07) is 14.5. The van der Waals surface area contributed by atoms with E-state index >= 15 is 0 Å². The first-order valence-electron chi connectivity index (χ1n) is 9.05. The molecule has 0 unspecified atom stereocenters. The average molecular weight is 422 g/mol. The third kappa shape index (κ3) is 5.80. The molecule has 1 heterocycles. The maximum Gasteiger partial charge on any atom is 0.262 e. The minimum absolute atomic E-state index is 0.0606. The Labute approximate surface area is 166 Å². The quantitative estimate of drug-likeness (QED) is 0.748. The van der Waals surface area contributed by atoms with E-state index in [1.165, 1.54) is 24.3 Å². The topological polar surface area (TPSA) is 105 Å². The fourth-order valence-electron chi connectivity index (χ4n) is 2.88. The van der Waals surface area contributed by atoms with Crippen molar-refractivity contribution in [2.45, 2.75) is 36.3 Å². The van der Waals surface area contributed by atoms with Gasteiger partial charge in [-0.15, -0.1) is 0 Å². The fraction of sp³-hybridized carbons (Fsp3) is 0.316. The van der Waals surface area contributed by atoms with Crippen molar-refractivity contribution in [1.82, 2.24) is 4.72 Å². The van der Waals surface area contributed by atoms with E-state index in [9.17, 15) is 16.8 Å². The Morgan fingerprint density at radius 2 is 1.54 bits per heavy atom. The lowest BCUT2D eigenvalue weighted by Gasteiger charge is -2.11. The van der Waals surface area contributed by atoms with E-state index in [1.807, 2.05) is 6.07 Å². The average Bonchev–Trinajstić information content (AvgIpc) is 2.90. The smallest absolute Gasteiger partial charge is 0.262 e. The summed E-state index contributed by atoms with van der Waals surface area (Å²) >= 11 is 0. The van der Waals surface area contributed by atoms with E-state index in [0.29, 0.717) is 30.1 Å². The number of amidine groups is 1. The van der Waals surface area contributed by atoms with Crippen LogP contribution in [-0.2, 0) is 25.8 Å². The predicted octanol–water partition coefficient (Wildman–Crippen LogP) is 2.88. The molecule has 9 heteroatoms. The normalized spacial score (nSPS) is 15.4. The number of hydrogen-bond acceptors (Lipinski definition) is 5. The Balaban J connectivity index is 1.68. The summed E-state index contributed by atoms with van der Waals surface area (Å²) in [6.07, 6.45) is 3.51. The molecule has 0 bridgehead atoms. The first-order chi connectivity index (χ1) is 13.3. The van der Waals surface area contributed by atoms with Crippen molar-refractivity contribution in [3.63, 3.8) is 0 Å². The van der Waals surface area contributed by atoms with Crippen LogP contribution < -0.4 is 9.44 Å². The number of sulfonamides is 2. The van der Waals surface area contributed by atoms with Crippen molar-refractivity contribution in [2.75, 3.05) is 11.3 Å². The van der Waals surface area contributed by atoms with E-state index in [1.54, 1.807) is 24.3 Å². The molecule has 2 N–H and O–H groups in total. The highest BCUT2D eigenvalue weighted by Crippen LogP contribution is 2.17. The summed E-state index contributed by atoms with van der Waals surface area (Å²) in [4.78, 5) is 4.34. The van der Waals surface area contributed by atoms with Gasteiger partial charge in [0.05, 0.1) is 10.6 Å². The van der Waals surface area contributed by atoms with Gasteiger partial charge >= 0.3 is 0 Å². The minimum Gasteiger partial charge on any atom is -0.283 e. The van der Waals surface area contributed by atoms with Gasteiger partial charge < -0.3 is 0 Å². The van der Waals surface area contributed by atoms with E-state index in [0.717, 1.165) is 19.3 Å². The summed E-state index contributed by atoms with van der Waals surface area (Å²) in [5.74, 6) is 0.320. The van der Waals surface area contributed by atoms with Gasteiger partial charge in [-0.1, -0.05) is 36.8 Å². The molecule has 3 rings (SSSR count). The number of rotatable bonds is 6. The van der Waals surface area contributed by atoms with Crippen LogP contribution in [0.15, 0.2) is 64.5 Å². The largest absolute Gasteiger partial charge is 0.283 e. The van der Waals surface area contributed by atoms with Crippen LogP contribution in [0.5, 0.6) is 0 Å². The molecule has 0 fully saturated rings. The number of nitrogens with zero attached hydrogens (tertiary/aromatic N) is 1. The number of hydrogen-bond donors (Lipinski definition) is 2. The molecule has 0 saturated heterocycles. The molecule has 2 aromatic carbocycles. The molecular formula is C19H23N3O4S2. The van der Waals surface area contributed by atoms with Gasteiger partial charge in [-0.3, -0.25) is 14.4 Å². The Hall–Kier alpha value is -2.39. The highest BCUT2D eigenvalue weighted by molar-refractivity contribution is 7.92. The Morgan fingerprint density at radius 3 is 2.25 bits per heavy atom. The second-order valence-electron chi connectivity index (χ2n) is 6.62. The third-order valence-corrected chi connectivity index (χ3v) is 6.92. The Morgan fingerprint density at radius 1 is 0.821 bits per heavy atom. The maximum atomic E-state index is 12.5. The monoisotopic (exact) mass is 421 g/mol. The summed E-state index contributed by atoms with van der Waals surface area (Å²) in [5, 5.41) is 0. The first-order valence-corrected chi connectivity index (χ1v) is 12.2. The molecule has 0 atom stereocenters. The SMILES string of the molecule is O=S(=O)(Cc1ccccc1)Nc1ccc(S(=O)(=O)NC2=NCCCCC2)cc1. The maximum absolute atomic E-state index is 12.5. The van der Waals surface area contributed by atoms with Crippen molar-refractivity contribution in [3.8, 4) is 0 Å². The lowest BCUT2D eigenvalue weighted by Crippen LogP contribution is -2.30. The van der Waals surface area contributed by atoms with Crippen LogP contribution >= 0.6 is 0 Å². The van der Waals surface area contributed by atoms with Crippen LogP contribution in [0.4, 0.5) is 5.69 Å². The van der Waals surface area contributed by atoms with Gasteiger partial charge in [0, 0.05) is 18.7 Å². The first kappa shape index (κ1) is 20.3. The van der Waals surface area contributed by atoms with Crippen molar-refractivity contribution in [1.29, 1.82) is 0 Å². The van der Waals surface area contributed by atoms with Crippen molar-refractivity contribution in [3.05, 3.63) is 60.2 Å². The number of nitrogens with one attached hydrogen (secondary N) is 2. The highest BCUT2D eigenvalue weighted by atomic mass is 32.2. The molecule has 0 aliphatic carbocycles. The molecule has 0 saturated carbocycles. The summed E-state index contributed by atoms with van der Waals surface area (Å²) in [6.45, 7) is 0.625. The van der Waals surface area contributed by atoms with Gasteiger partial charge in [0.15, 0.2) is 0 Å². The summed E-state index contributed by atoms with van der Waals surface area (Å²) in [5.41, 5.74) is 0.976. The minimum atomic E-state index is -3.74. The molecule has 0 radical (unpaired) electrons. The van der Waals surface area contributed by atoms with Gasteiger partial charge in [0.25, 0.3) is 10.0 Å². The molecule has 28 heavy (non-hydrogen) atoms. The van der Waals surface area contributed by atoms with Crippen LogP contribution in [-0.4, -0.2) is 29.2 Å². The molecule has 1 aliphatic heterocycles. The third-order valence-electron chi connectivity index (χ3n) is 4.26. The molecule has 0 aromatic heterocycles. The van der Waals surface area contributed by atoms with Crippen LogP contribution in [0.1, 0.15) is 31.2 Å². The number of benzene rings is 2. The number of anilines is 1. The molecule has 7 nitrogen and oxygen atoms in total. The fourth-order valence-corrected chi connectivity index (χ4v) is 5.17. The molecule has 150 valence electrons. The lowest BCUT2D eigenvalue weighted by molar-refractivity contribution is 0.591. The summed E-state index contributed by atoms with van der Waals surface area (Å²) < 4.78 is 54.6. The van der Waals surface area contributed by atoms with E-state index < -0.39 is 20.0 Å². The standard InChI is InChI=1S/C19H23N3O4S2/c23-27(24,15-16-7-3-1-4-8-16)21-17-10-12-18(13-11-17)28(25,26)22-19-9-5-2-6-14-20-19/h1,3-4,7-8,10-13,21H,2,5-6,9,14-15H2,(H,20,22). The second kappa shape index (κ2) is 8.74. The predicted molar refractivity (Wildman–Crippen MR) is 110 cm³/mol. The van der Waals surface area contributed by atoms with Crippen LogP contribution in [0, 0.1) is 0 Å². The lowest BCUT2D eigenvalue weighted by atomic mass is 10.2. The summed E-state index contributed by atoms with van der Waals surface area (Å²) in [7, 11) is -7.34. The van der Waals surface area contributed by atoms with Crippen molar-refractivity contribution >= 4 is 31.6 Å². The zero-order valence-electron chi connectivity index (χ0n) is 15.3. The van der Waals surface area contributed by atoms with Crippen molar-refractivity contribution in [2.24, 2.45) is 4.99 Å². The zero-order chi connectivity index (χ0) is 20.0. The van der Waals surface area contributed by atoms with E-state index in [4.69, 9.17) is 0 Å². The van der Waals surface area contributed by atoms with Gasteiger partial charge in [-0.2, -0.15) is 0 Å². The van der Waals surface area contributed by atoms with Gasteiger partial charge in [0.2, 0.25) is 10.0 Å². The Kier molecular flexibility index (Phi) is 6.35. The molecule has 0 spiro atoms. The second-order valence-corrected chi connectivity index (χ2v) is 10.0. The molecular weight excluding hydrogens is 398 g/mol. The van der Waals surface area contributed by atoms with Crippen molar-refractivity contribution < 1.29 is 16.8 Å². The highest BCUT2D eigenvalue weighted by Gasteiger charge is 2.18. The van der Waals surface area contributed by atoms with Crippen LogP contribution in [0.2, 0.25) is 0 Å². The number of aliphatic imine (C=N–C) groups is 1. The Bertz CT molecular complexity index is 1030. The van der Waals surface area contributed by atoms with E-state index in [-0.39, 0.29) is 10.6 Å². The van der Waals surface area contributed by atoms with E-state index in [2.05, 4.69) is 14.4 Å². The van der Waals surface area contributed by atoms with Gasteiger partial charge in [-0.05, 0) is 42.7 Å². The zero-order valence-corrected chi connectivity index (χ0v) is 17.0.